The van der Waals surface area contributed by atoms with Gasteiger partial charge in [0.2, 0.25) is 0 Å². The van der Waals surface area contributed by atoms with E-state index in [0.717, 1.165) is 0 Å². The highest BCUT2D eigenvalue weighted by atomic mass is 32.1. The SMILES string of the molecule is C/C=C\C(=NC)C(=O)CS. The van der Waals surface area contributed by atoms with Crippen LogP contribution in [0.15, 0.2) is 17.1 Å². The van der Waals surface area contributed by atoms with Crippen LogP contribution in [0, 0.1) is 0 Å². The molecule has 0 rings (SSSR count). The molecule has 0 amide bonds. The second-order valence-corrected chi connectivity index (χ2v) is 2.01. The third kappa shape index (κ3) is 2.82. The smallest absolute Gasteiger partial charge is 0.190 e. The number of rotatable bonds is 3. The number of aliphatic imine (C=N–C) groups is 1. The number of allylic oxidation sites excluding steroid dienone is 2. The van der Waals surface area contributed by atoms with Gasteiger partial charge in [0.25, 0.3) is 0 Å². The van der Waals surface area contributed by atoms with E-state index in [-0.39, 0.29) is 11.5 Å². The van der Waals surface area contributed by atoms with Crippen molar-refractivity contribution < 1.29 is 4.79 Å². The molecule has 0 bridgehead atoms. The average Bonchev–Trinajstić information content (AvgIpc) is 1.99. The zero-order valence-corrected chi connectivity index (χ0v) is 7.06. The molecule has 0 unspecified atom stereocenters. The molecule has 0 spiro atoms. The van der Waals surface area contributed by atoms with Crippen LogP contribution in [0.4, 0.5) is 0 Å². The molecule has 0 radical (unpaired) electrons. The molecule has 0 aliphatic rings. The van der Waals surface area contributed by atoms with Crippen molar-refractivity contribution in [3.63, 3.8) is 0 Å². The average molecular weight is 157 g/mol. The molecule has 0 aliphatic heterocycles. The van der Waals surface area contributed by atoms with Gasteiger partial charge in [0, 0.05) is 7.05 Å². The van der Waals surface area contributed by atoms with Crippen molar-refractivity contribution in [2.75, 3.05) is 12.8 Å². The number of nitrogens with zero attached hydrogens (tertiary/aromatic N) is 1. The van der Waals surface area contributed by atoms with E-state index in [1.54, 1.807) is 19.2 Å². The lowest BCUT2D eigenvalue weighted by Crippen LogP contribution is -2.12. The van der Waals surface area contributed by atoms with Crippen LogP contribution >= 0.6 is 12.6 Å². The third-order valence-electron chi connectivity index (χ3n) is 0.995. The topological polar surface area (TPSA) is 29.4 Å². The Hall–Kier alpha value is -0.570. The Morgan fingerprint density at radius 2 is 2.30 bits per heavy atom. The Kier molecular flexibility index (Phi) is 4.94. The van der Waals surface area contributed by atoms with Gasteiger partial charge in [0.1, 0.15) is 5.71 Å². The second kappa shape index (κ2) is 5.23. The molecule has 3 heteroatoms. The molecular formula is C7H11NOS. The Morgan fingerprint density at radius 1 is 1.70 bits per heavy atom. The molecule has 0 aliphatic carbocycles. The number of hydrogen-bond acceptors (Lipinski definition) is 3. The maximum absolute atomic E-state index is 10.9. The summed E-state index contributed by atoms with van der Waals surface area (Å²) < 4.78 is 0. The summed E-state index contributed by atoms with van der Waals surface area (Å²) in [5.74, 6) is 0.181. The van der Waals surface area contributed by atoms with Gasteiger partial charge in [-0.15, -0.1) is 0 Å². The molecule has 0 atom stereocenters. The van der Waals surface area contributed by atoms with Crippen LogP contribution in [0.2, 0.25) is 0 Å². The lowest BCUT2D eigenvalue weighted by molar-refractivity contribution is -0.110. The van der Waals surface area contributed by atoms with E-state index >= 15 is 0 Å². The summed E-state index contributed by atoms with van der Waals surface area (Å²) >= 11 is 3.84. The summed E-state index contributed by atoms with van der Waals surface area (Å²) in [6.45, 7) is 1.84. The van der Waals surface area contributed by atoms with Crippen LogP contribution in [-0.2, 0) is 4.79 Å². The monoisotopic (exact) mass is 157 g/mol. The van der Waals surface area contributed by atoms with Crippen LogP contribution in [0.1, 0.15) is 6.92 Å². The lowest BCUT2D eigenvalue weighted by atomic mass is 10.2. The number of thiol groups is 1. The van der Waals surface area contributed by atoms with Crippen LogP contribution in [0.25, 0.3) is 0 Å². The van der Waals surface area contributed by atoms with Crippen molar-refractivity contribution in [3.8, 4) is 0 Å². The highest BCUT2D eigenvalue weighted by Crippen LogP contribution is 1.87. The van der Waals surface area contributed by atoms with Crippen molar-refractivity contribution in [3.05, 3.63) is 12.2 Å². The molecule has 10 heavy (non-hydrogen) atoms. The minimum absolute atomic E-state index is 0.0380. The van der Waals surface area contributed by atoms with E-state index in [0.29, 0.717) is 5.71 Å². The van der Waals surface area contributed by atoms with E-state index in [1.807, 2.05) is 6.92 Å². The van der Waals surface area contributed by atoms with Gasteiger partial charge in [0.05, 0.1) is 5.75 Å². The molecule has 0 aromatic rings. The summed E-state index contributed by atoms with van der Waals surface area (Å²) in [7, 11) is 1.59. The second-order valence-electron chi connectivity index (χ2n) is 1.69. The molecule has 56 valence electrons. The van der Waals surface area contributed by atoms with Gasteiger partial charge in [-0.1, -0.05) is 6.08 Å². The Labute approximate surface area is 66.5 Å². The fourth-order valence-corrected chi connectivity index (χ4v) is 0.693. The van der Waals surface area contributed by atoms with Crippen molar-refractivity contribution in [2.45, 2.75) is 6.92 Å². The van der Waals surface area contributed by atoms with E-state index in [4.69, 9.17) is 0 Å². The fourth-order valence-electron chi connectivity index (χ4n) is 0.531. The zero-order valence-electron chi connectivity index (χ0n) is 6.16. The van der Waals surface area contributed by atoms with Gasteiger partial charge in [-0.2, -0.15) is 12.6 Å². The number of carbonyl (C=O) groups excluding carboxylic acids is 1. The van der Waals surface area contributed by atoms with Crippen LogP contribution in [0.5, 0.6) is 0 Å². The van der Waals surface area contributed by atoms with E-state index in [1.165, 1.54) is 0 Å². The van der Waals surface area contributed by atoms with Gasteiger partial charge >= 0.3 is 0 Å². The molecular weight excluding hydrogens is 146 g/mol. The maximum atomic E-state index is 10.9. The van der Waals surface area contributed by atoms with Crippen LogP contribution < -0.4 is 0 Å². The normalized spacial score (nSPS) is 12.5. The largest absolute Gasteiger partial charge is 0.292 e. The fraction of sp³-hybridized carbons (Fsp3) is 0.429. The highest BCUT2D eigenvalue weighted by Gasteiger charge is 2.02. The first-order valence-corrected chi connectivity index (χ1v) is 3.63. The molecule has 0 fully saturated rings. The highest BCUT2D eigenvalue weighted by molar-refractivity contribution is 7.81. The van der Waals surface area contributed by atoms with Gasteiger partial charge in [-0.3, -0.25) is 9.79 Å². The quantitative estimate of drug-likeness (QED) is 0.483. The number of carbonyl (C=O) groups is 1. The third-order valence-corrected chi connectivity index (χ3v) is 1.28. The van der Waals surface area contributed by atoms with Crippen LogP contribution in [0.3, 0.4) is 0 Å². The van der Waals surface area contributed by atoms with Gasteiger partial charge in [0.15, 0.2) is 5.78 Å². The molecule has 2 nitrogen and oxygen atoms in total. The van der Waals surface area contributed by atoms with Crippen molar-refractivity contribution >= 4 is 24.1 Å². The minimum Gasteiger partial charge on any atom is -0.292 e. The van der Waals surface area contributed by atoms with Crippen molar-refractivity contribution in [2.24, 2.45) is 4.99 Å². The standard InChI is InChI=1S/C7H11NOS/c1-3-4-6(8-2)7(9)5-10/h3-4,10H,5H2,1-2H3/b4-3-,8-6?. The Balaban J connectivity index is 4.23. The van der Waals surface area contributed by atoms with Gasteiger partial charge in [-0.25, -0.2) is 0 Å². The predicted molar refractivity (Wildman–Crippen MR) is 47.0 cm³/mol. The molecule has 0 N–H and O–H groups in total. The zero-order chi connectivity index (χ0) is 7.98. The minimum atomic E-state index is -0.0380. The first-order valence-electron chi connectivity index (χ1n) is 2.99. The van der Waals surface area contributed by atoms with E-state index in [9.17, 15) is 4.79 Å². The summed E-state index contributed by atoms with van der Waals surface area (Å²) in [6, 6.07) is 0. The molecule has 0 saturated heterocycles. The molecule has 0 aromatic carbocycles. The summed E-state index contributed by atoms with van der Waals surface area (Å²) in [5.41, 5.74) is 0.484. The van der Waals surface area contributed by atoms with Crippen molar-refractivity contribution in [1.29, 1.82) is 0 Å². The predicted octanol–water partition coefficient (Wildman–Crippen LogP) is 1.13. The number of ketones is 1. The van der Waals surface area contributed by atoms with Crippen LogP contribution in [-0.4, -0.2) is 24.3 Å². The van der Waals surface area contributed by atoms with E-state index < -0.39 is 0 Å². The van der Waals surface area contributed by atoms with Gasteiger partial charge < -0.3 is 0 Å². The molecule has 0 heterocycles. The Bertz CT molecular complexity index is 172. The van der Waals surface area contributed by atoms with Gasteiger partial charge in [-0.05, 0) is 13.0 Å². The summed E-state index contributed by atoms with van der Waals surface area (Å²) in [6.07, 6.45) is 3.46. The van der Waals surface area contributed by atoms with Crippen molar-refractivity contribution in [1.82, 2.24) is 0 Å². The first kappa shape index (κ1) is 9.43. The van der Waals surface area contributed by atoms with E-state index in [2.05, 4.69) is 17.6 Å². The maximum Gasteiger partial charge on any atom is 0.190 e. The lowest BCUT2D eigenvalue weighted by Gasteiger charge is -1.92. The summed E-state index contributed by atoms with van der Waals surface area (Å²) in [4.78, 5) is 14.7. The Morgan fingerprint density at radius 3 is 2.60 bits per heavy atom. The number of hydrogen-bond donors (Lipinski definition) is 1. The number of Topliss-reactive ketones (excluding diaryl/α,β-unsaturated/α-hetero) is 1. The first-order chi connectivity index (χ1) is 4.76. The molecule has 0 saturated carbocycles. The molecule has 0 aromatic heterocycles. The summed E-state index contributed by atoms with van der Waals surface area (Å²) in [5, 5.41) is 0.